The molecule has 4 rings (SSSR count). The minimum absolute atomic E-state index is 0.199. The highest BCUT2D eigenvalue weighted by atomic mass is 32.2. The summed E-state index contributed by atoms with van der Waals surface area (Å²) in [6, 6.07) is 18.4. The van der Waals surface area contributed by atoms with E-state index in [0.717, 1.165) is 43.9 Å². The summed E-state index contributed by atoms with van der Waals surface area (Å²) in [5.41, 5.74) is 4.97. The van der Waals surface area contributed by atoms with Crippen molar-refractivity contribution in [3.63, 3.8) is 0 Å². The van der Waals surface area contributed by atoms with Crippen LogP contribution in [0.1, 0.15) is 160 Å². The van der Waals surface area contributed by atoms with E-state index >= 15 is 0 Å². The van der Waals surface area contributed by atoms with Gasteiger partial charge in [-0.05, 0) is 66.3 Å². The van der Waals surface area contributed by atoms with Crippen molar-refractivity contribution in [2.24, 2.45) is 0 Å². The molecule has 6 heteroatoms. The lowest BCUT2D eigenvalue weighted by atomic mass is 9.85. The van der Waals surface area contributed by atoms with E-state index in [9.17, 15) is 9.90 Å². The Hall–Kier alpha value is -3.12. The maximum absolute atomic E-state index is 12.6. The van der Waals surface area contributed by atoms with Crippen LogP contribution >= 0.6 is 11.8 Å². The predicted molar refractivity (Wildman–Crippen MR) is 212 cm³/mol. The molecule has 0 aliphatic rings. The third kappa shape index (κ3) is 13.2. The summed E-state index contributed by atoms with van der Waals surface area (Å²) in [6.45, 7) is 10.6. The fourth-order valence-electron chi connectivity index (χ4n) is 6.72. The number of carbonyl (C=O) groups excluding carboxylic acids is 1. The first kappa shape index (κ1) is 39.7. The summed E-state index contributed by atoms with van der Waals surface area (Å²) < 4.78 is 0. The average Bonchev–Trinajstić information content (AvgIpc) is 3.51. The molecule has 50 heavy (non-hydrogen) atoms. The lowest BCUT2D eigenvalue weighted by Crippen LogP contribution is -2.13. The van der Waals surface area contributed by atoms with Crippen LogP contribution in [0.3, 0.4) is 0 Å². The molecule has 5 nitrogen and oxygen atoms in total. The number of hydrogen-bond donors (Lipinski definition) is 1. The molecule has 1 aromatic heterocycles. The number of carbonyl (C=O) groups is 1. The molecule has 0 saturated heterocycles. The summed E-state index contributed by atoms with van der Waals surface area (Å²) >= 11 is 1.67. The Bertz CT molecular complexity index is 1600. The van der Waals surface area contributed by atoms with Crippen LogP contribution in [0, 0.1) is 6.92 Å². The van der Waals surface area contributed by atoms with E-state index in [0.29, 0.717) is 24.3 Å². The third-order valence-corrected chi connectivity index (χ3v) is 10.7. The quantitative estimate of drug-likeness (QED) is 0.0781. The number of Topliss-reactive ketones (excluding diaryl/α,β-unsaturated/α-hetero) is 1. The number of phenolic OH excluding ortho intramolecular Hbond substituents is 1. The molecule has 1 heterocycles. The zero-order chi connectivity index (χ0) is 35.8. The van der Waals surface area contributed by atoms with E-state index in [1.807, 2.05) is 31.2 Å². The van der Waals surface area contributed by atoms with Crippen LogP contribution in [0.5, 0.6) is 5.75 Å². The van der Waals surface area contributed by atoms with Crippen molar-refractivity contribution in [2.45, 2.75) is 172 Å². The van der Waals surface area contributed by atoms with Crippen molar-refractivity contribution in [1.29, 1.82) is 0 Å². The Morgan fingerprint density at radius 3 is 1.76 bits per heavy atom. The van der Waals surface area contributed by atoms with Gasteiger partial charge in [-0.1, -0.05) is 160 Å². The predicted octanol–water partition coefficient (Wildman–Crippen LogP) is 13.0. The molecule has 0 atom stereocenters. The molecule has 272 valence electrons. The molecule has 0 radical (unpaired) electrons. The largest absolute Gasteiger partial charge is 0.505 e. The van der Waals surface area contributed by atoms with Crippen molar-refractivity contribution in [3.05, 3.63) is 71.3 Å². The molecule has 0 spiro atoms. The Labute approximate surface area is 307 Å². The second kappa shape index (κ2) is 20.7. The second-order valence-corrected chi connectivity index (χ2v) is 16.6. The number of unbranched alkanes of at least 4 members (excludes halogenated alkanes) is 16. The van der Waals surface area contributed by atoms with Crippen LogP contribution < -0.4 is 0 Å². The monoisotopic (exact) mass is 697 g/mol. The first-order valence-electron chi connectivity index (χ1n) is 19.6. The van der Waals surface area contributed by atoms with E-state index in [-0.39, 0.29) is 11.2 Å². The first-order chi connectivity index (χ1) is 24.1. The number of rotatable bonds is 23. The lowest BCUT2D eigenvalue weighted by molar-refractivity contribution is -0.118. The highest BCUT2D eigenvalue weighted by Gasteiger charge is 2.22. The maximum atomic E-state index is 12.6. The minimum Gasteiger partial charge on any atom is -0.505 e. The number of benzene rings is 3. The Morgan fingerprint density at radius 1 is 0.680 bits per heavy atom. The maximum Gasteiger partial charge on any atom is 0.146 e. The zero-order valence-electron chi connectivity index (χ0n) is 31.7. The summed E-state index contributed by atoms with van der Waals surface area (Å²) in [7, 11) is 0. The molecule has 0 aliphatic heterocycles. The van der Waals surface area contributed by atoms with Crippen LogP contribution in [-0.4, -0.2) is 25.9 Å². The Kier molecular flexibility index (Phi) is 16.4. The van der Waals surface area contributed by atoms with Crippen molar-refractivity contribution in [3.8, 4) is 11.4 Å². The molecule has 1 N–H and O–H groups in total. The number of aromatic hydroxyl groups is 1. The van der Waals surface area contributed by atoms with E-state index in [2.05, 4.69) is 63.1 Å². The van der Waals surface area contributed by atoms with Gasteiger partial charge in [-0.3, -0.25) is 4.79 Å². The Balaban J connectivity index is 1.11. The molecule has 0 fully saturated rings. The smallest absolute Gasteiger partial charge is 0.146 e. The molecule has 4 aromatic rings. The second-order valence-electron chi connectivity index (χ2n) is 15.4. The van der Waals surface area contributed by atoms with Gasteiger partial charge in [-0.2, -0.15) is 0 Å². The van der Waals surface area contributed by atoms with E-state index < -0.39 is 0 Å². The molecule has 0 unspecified atom stereocenters. The van der Waals surface area contributed by atoms with Gasteiger partial charge >= 0.3 is 0 Å². The summed E-state index contributed by atoms with van der Waals surface area (Å²) in [5.74, 6) is 0.561. The van der Waals surface area contributed by atoms with Crippen LogP contribution in [0.2, 0.25) is 0 Å². The van der Waals surface area contributed by atoms with Crippen LogP contribution in [-0.2, 0) is 16.6 Å². The third-order valence-electron chi connectivity index (χ3n) is 9.73. The fourth-order valence-corrected chi connectivity index (χ4v) is 7.57. The van der Waals surface area contributed by atoms with Crippen LogP contribution in [0.4, 0.5) is 0 Å². The normalized spacial score (nSPS) is 11.9. The van der Waals surface area contributed by atoms with Gasteiger partial charge in [-0.25, -0.2) is 0 Å². The molecule has 0 amide bonds. The van der Waals surface area contributed by atoms with Gasteiger partial charge in [0, 0.05) is 28.2 Å². The SMILES string of the molecule is CCCCCCCCCCCCCCCCCCCC(=O)Cc1ccc(Sc2ccc3nn(-c4cc(C)cc(C(C)(C)C)c4O)nc3c2)cc1. The van der Waals surface area contributed by atoms with Gasteiger partial charge in [0.1, 0.15) is 28.3 Å². The van der Waals surface area contributed by atoms with E-state index in [1.54, 1.807) is 16.6 Å². The standard InChI is InChI=1S/C44H63N3O2S/c1-6-7-8-9-10-11-12-13-14-15-16-17-18-19-20-21-22-23-36(48)32-35-24-26-37(27-25-35)50-38-28-29-40-41(33-38)46-47(45-40)42-31-34(2)30-39(43(42)49)44(3,4)5/h24-31,33,49H,6-23,32H2,1-5H3. The number of hydrogen-bond acceptors (Lipinski definition) is 5. The highest BCUT2D eigenvalue weighted by molar-refractivity contribution is 7.99. The van der Waals surface area contributed by atoms with Gasteiger partial charge in [0.25, 0.3) is 0 Å². The van der Waals surface area contributed by atoms with Crippen LogP contribution in [0.25, 0.3) is 16.7 Å². The molecular formula is C44H63N3O2S. The van der Waals surface area contributed by atoms with Gasteiger partial charge in [0.15, 0.2) is 0 Å². The summed E-state index contributed by atoms with van der Waals surface area (Å²) in [4.78, 5) is 16.4. The van der Waals surface area contributed by atoms with E-state index in [4.69, 9.17) is 5.10 Å². The van der Waals surface area contributed by atoms with Crippen molar-refractivity contribution < 1.29 is 9.90 Å². The van der Waals surface area contributed by atoms with Gasteiger partial charge in [0.05, 0.1) is 0 Å². The molecule has 0 bridgehead atoms. The molecule has 0 aliphatic carbocycles. The summed E-state index contributed by atoms with van der Waals surface area (Å²) in [6.07, 6.45) is 24.2. The zero-order valence-corrected chi connectivity index (χ0v) is 32.6. The Morgan fingerprint density at radius 2 is 1.20 bits per heavy atom. The first-order valence-corrected chi connectivity index (χ1v) is 20.5. The number of nitrogens with zero attached hydrogens (tertiary/aromatic N) is 3. The fraction of sp³-hybridized carbons (Fsp3) is 0.568. The van der Waals surface area contributed by atoms with Crippen LogP contribution in [0.15, 0.2) is 64.4 Å². The summed E-state index contributed by atoms with van der Waals surface area (Å²) in [5, 5.41) is 20.5. The number of aromatic nitrogens is 3. The number of fused-ring (bicyclic) bond motifs is 1. The van der Waals surface area contributed by atoms with E-state index in [1.165, 1.54) is 103 Å². The molecule has 3 aromatic carbocycles. The van der Waals surface area contributed by atoms with Crippen molar-refractivity contribution in [2.75, 3.05) is 0 Å². The number of phenols is 1. The van der Waals surface area contributed by atoms with Gasteiger partial charge in [0.2, 0.25) is 0 Å². The lowest BCUT2D eigenvalue weighted by Gasteiger charge is -2.22. The molecular weight excluding hydrogens is 635 g/mol. The topological polar surface area (TPSA) is 68.0 Å². The van der Waals surface area contributed by atoms with Gasteiger partial charge in [-0.15, -0.1) is 15.0 Å². The van der Waals surface area contributed by atoms with Crippen molar-refractivity contribution in [1.82, 2.24) is 15.0 Å². The van der Waals surface area contributed by atoms with Crippen molar-refractivity contribution >= 4 is 28.6 Å². The number of ketones is 1. The minimum atomic E-state index is -0.199. The van der Waals surface area contributed by atoms with Gasteiger partial charge < -0.3 is 5.11 Å². The number of aryl methyl sites for hydroxylation is 1. The average molecular weight is 698 g/mol. The highest BCUT2D eigenvalue weighted by Crippen LogP contribution is 2.36. The molecule has 0 saturated carbocycles.